The van der Waals surface area contributed by atoms with Crippen molar-refractivity contribution in [2.45, 2.75) is 271 Å². The van der Waals surface area contributed by atoms with Gasteiger partial charge in [0.15, 0.2) is 0 Å². The molecule has 0 amide bonds. The number of hydrogen-bond donors (Lipinski definition) is 1. The molecule has 0 saturated heterocycles. The van der Waals surface area contributed by atoms with E-state index in [9.17, 15) is 9.90 Å². The molecule has 0 aliphatic heterocycles. The number of esters is 1. The summed E-state index contributed by atoms with van der Waals surface area (Å²) in [5.74, 6) is 0.516. The fourth-order valence-corrected chi connectivity index (χ4v) is 9.37. The quantitative estimate of drug-likeness (QED) is 0.0482. The van der Waals surface area contributed by atoms with Crippen LogP contribution in [0.15, 0.2) is 0 Å². The number of rotatable bonds is 49. The summed E-state index contributed by atoms with van der Waals surface area (Å²) in [4.78, 5) is 18.1. The molecule has 1 fully saturated rings. The molecule has 1 aliphatic rings. The fourth-order valence-electron chi connectivity index (χ4n) is 9.37. The molecule has 0 heterocycles. The average molecular weight is 865 g/mol. The van der Waals surface area contributed by atoms with Crippen LogP contribution in [0.3, 0.4) is 0 Å². The molecule has 1 rings (SSSR count). The van der Waals surface area contributed by atoms with Crippen LogP contribution in [-0.2, 0) is 19.0 Å². The molecule has 61 heavy (non-hydrogen) atoms. The number of hydrogen-bond acceptors (Lipinski definition) is 7. The van der Waals surface area contributed by atoms with Gasteiger partial charge in [-0.05, 0) is 63.8 Å². The Morgan fingerprint density at radius 3 is 1.59 bits per heavy atom. The summed E-state index contributed by atoms with van der Waals surface area (Å²) in [6.45, 7) is 16.9. The van der Waals surface area contributed by atoms with Crippen molar-refractivity contribution in [3.05, 3.63) is 0 Å². The fraction of sp³-hybridized carbons (Fsp3) is 0.981. The molecular formula is C54H108N2O5. The summed E-state index contributed by atoms with van der Waals surface area (Å²) in [6.07, 6.45) is 45.2. The lowest BCUT2D eigenvalue weighted by molar-refractivity contribution is -0.145. The van der Waals surface area contributed by atoms with E-state index in [1.54, 1.807) is 0 Å². The first kappa shape index (κ1) is 58.3. The molecule has 0 spiro atoms. The van der Waals surface area contributed by atoms with Gasteiger partial charge in [-0.2, -0.15) is 0 Å². The van der Waals surface area contributed by atoms with Crippen LogP contribution in [0.2, 0.25) is 0 Å². The van der Waals surface area contributed by atoms with Crippen LogP contribution in [-0.4, -0.2) is 98.8 Å². The Morgan fingerprint density at radius 1 is 0.541 bits per heavy atom. The normalized spacial score (nSPS) is 14.5. The van der Waals surface area contributed by atoms with Gasteiger partial charge in [0.25, 0.3) is 0 Å². The van der Waals surface area contributed by atoms with E-state index in [4.69, 9.17) is 14.2 Å². The number of unbranched alkanes of at least 4 members (excludes halogenated alkanes) is 24. The Kier molecular flexibility index (Phi) is 43.8. The second kappa shape index (κ2) is 45.8. The zero-order valence-electron chi connectivity index (χ0n) is 41.7. The van der Waals surface area contributed by atoms with Gasteiger partial charge in [-0.1, -0.05) is 201 Å². The number of aliphatic hydroxyl groups is 1. The van der Waals surface area contributed by atoms with Crippen molar-refractivity contribution < 1.29 is 24.1 Å². The molecule has 1 N–H and O–H groups in total. The lowest BCUT2D eigenvalue weighted by Crippen LogP contribution is -2.44. The van der Waals surface area contributed by atoms with Crippen molar-refractivity contribution in [3.8, 4) is 0 Å². The summed E-state index contributed by atoms with van der Waals surface area (Å²) < 4.78 is 18.9. The number of ether oxygens (including phenoxy) is 3. The predicted octanol–water partition coefficient (Wildman–Crippen LogP) is 14.6. The van der Waals surface area contributed by atoms with Crippen molar-refractivity contribution in [2.24, 2.45) is 5.92 Å². The predicted molar refractivity (Wildman–Crippen MR) is 263 cm³/mol. The molecule has 1 aliphatic carbocycles. The van der Waals surface area contributed by atoms with E-state index in [0.717, 1.165) is 78.0 Å². The Hall–Kier alpha value is -0.730. The molecule has 7 heteroatoms. The highest BCUT2D eigenvalue weighted by atomic mass is 16.5. The van der Waals surface area contributed by atoms with Gasteiger partial charge < -0.3 is 19.3 Å². The molecule has 0 aromatic heterocycles. The van der Waals surface area contributed by atoms with Crippen LogP contribution >= 0.6 is 0 Å². The molecule has 7 nitrogen and oxygen atoms in total. The maximum atomic E-state index is 12.9. The van der Waals surface area contributed by atoms with Gasteiger partial charge in [0.05, 0.1) is 25.9 Å². The van der Waals surface area contributed by atoms with Gasteiger partial charge in [-0.15, -0.1) is 0 Å². The monoisotopic (exact) mass is 865 g/mol. The number of aliphatic hydroxyl groups excluding tert-OH is 1. The lowest BCUT2D eigenvalue weighted by atomic mass is 9.95. The molecule has 2 unspecified atom stereocenters. The Balaban J connectivity index is 2.70. The minimum Gasteiger partial charge on any atom is -0.465 e. The number of carbonyl (C=O) groups is 1. The van der Waals surface area contributed by atoms with Crippen molar-refractivity contribution >= 4 is 5.97 Å². The third-order valence-corrected chi connectivity index (χ3v) is 13.5. The first-order valence-electron chi connectivity index (χ1n) is 27.5. The van der Waals surface area contributed by atoms with Crippen molar-refractivity contribution in [3.63, 3.8) is 0 Å². The second-order valence-electron chi connectivity index (χ2n) is 19.3. The molecule has 0 aromatic rings. The maximum Gasteiger partial charge on any atom is 0.305 e. The summed E-state index contributed by atoms with van der Waals surface area (Å²) >= 11 is 0. The number of nitrogens with zero attached hydrogens (tertiary/aromatic N) is 2. The molecule has 2 atom stereocenters. The second-order valence-corrected chi connectivity index (χ2v) is 19.3. The largest absolute Gasteiger partial charge is 0.465 e. The molecule has 0 bridgehead atoms. The van der Waals surface area contributed by atoms with E-state index >= 15 is 0 Å². The maximum absolute atomic E-state index is 12.9. The highest BCUT2D eigenvalue weighted by Gasteiger charge is 2.24. The van der Waals surface area contributed by atoms with Crippen molar-refractivity contribution in [2.75, 3.05) is 65.8 Å². The SMILES string of the molecule is CCCCCCCCCCCCOCC(CN(CCCCCC(=O)OCC(CCCCCC)CCCCCCCC)CCN(CCO)C1CCCC1)OCCCCCCCC. The van der Waals surface area contributed by atoms with Gasteiger partial charge in [-0.3, -0.25) is 14.6 Å². The Labute approximate surface area is 381 Å². The van der Waals surface area contributed by atoms with Gasteiger partial charge >= 0.3 is 5.97 Å². The zero-order valence-corrected chi connectivity index (χ0v) is 41.7. The highest BCUT2D eigenvalue weighted by Crippen LogP contribution is 2.24. The zero-order chi connectivity index (χ0) is 44.1. The van der Waals surface area contributed by atoms with Gasteiger partial charge in [0.1, 0.15) is 0 Å². The molecule has 364 valence electrons. The first-order valence-corrected chi connectivity index (χ1v) is 27.5. The third-order valence-electron chi connectivity index (χ3n) is 13.5. The van der Waals surface area contributed by atoms with E-state index in [0.29, 0.717) is 31.6 Å². The molecule has 1 saturated carbocycles. The van der Waals surface area contributed by atoms with Crippen LogP contribution < -0.4 is 0 Å². The Morgan fingerprint density at radius 2 is 1.03 bits per heavy atom. The van der Waals surface area contributed by atoms with Gasteiger partial charge in [-0.25, -0.2) is 0 Å². The van der Waals surface area contributed by atoms with Crippen LogP contribution in [0.5, 0.6) is 0 Å². The molecular weight excluding hydrogens is 757 g/mol. The van der Waals surface area contributed by atoms with Gasteiger partial charge in [0, 0.05) is 51.9 Å². The first-order chi connectivity index (χ1) is 30.1. The number of carbonyl (C=O) groups excluding carboxylic acids is 1. The highest BCUT2D eigenvalue weighted by molar-refractivity contribution is 5.69. The molecule has 0 radical (unpaired) electrons. The van der Waals surface area contributed by atoms with Crippen LogP contribution in [0.4, 0.5) is 0 Å². The topological polar surface area (TPSA) is 71.5 Å². The average Bonchev–Trinajstić information content (AvgIpc) is 3.81. The van der Waals surface area contributed by atoms with Crippen LogP contribution in [0, 0.1) is 5.92 Å². The standard InChI is InChI=1S/C54H108N2O5/c1-5-9-13-17-20-21-22-23-25-34-46-59-50-53(60-47-35-26-19-15-11-7-3)48-55(42-43-56(44-45-57)52-38-31-32-39-52)41-33-27-30-40-54(58)61-49-51(36-28-16-12-8-4)37-29-24-18-14-10-6-2/h51-53,57H,5-50H2,1-4H3. The van der Waals surface area contributed by atoms with E-state index in [1.807, 2.05) is 0 Å². The minimum absolute atomic E-state index is 0.00251. The third kappa shape index (κ3) is 37.2. The van der Waals surface area contributed by atoms with E-state index in [-0.39, 0.29) is 18.7 Å². The summed E-state index contributed by atoms with van der Waals surface area (Å²) in [5.41, 5.74) is 0. The summed E-state index contributed by atoms with van der Waals surface area (Å²) in [5, 5.41) is 9.95. The van der Waals surface area contributed by atoms with E-state index < -0.39 is 0 Å². The lowest BCUT2D eigenvalue weighted by Gasteiger charge is -2.33. The van der Waals surface area contributed by atoms with Crippen LogP contribution in [0.1, 0.15) is 259 Å². The van der Waals surface area contributed by atoms with Crippen molar-refractivity contribution in [1.82, 2.24) is 9.80 Å². The summed E-state index contributed by atoms with van der Waals surface area (Å²) in [6, 6.07) is 0.603. The Bertz CT molecular complexity index is 886. The minimum atomic E-state index is -0.00251. The van der Waals surface area contributed by atoms with Gasteiger partial charge in [0.2, 0.25) is 0 Å². The molecule has 0 aromatic carbocycles. The smallest absolute Gasteiger partial charge is 0.305 e. The summed E-state index contributed by atoms with van der Waals surface area (Å²) in [7, 11) is 0. The van der Waals surface area contributed by atoms with Crippen LogP contribution in [0.25, 0.3) is 0 Å². The van der Waals surface area contributed by atoms with E-state index in [1.165, 1.54) is 193 Å². The van der Waals surface area contributed by atoms with Crippen molar-refractivity contribution in [1.29, 1.82) is 0 Å². The van der Waals surface area contributed by atoms with E-state index in [2.05, 4.69) is 37.5 Å².